The number of hydrogen-bond acceptors (Lipinski definition) is 2. The third kappa shape index (κ3) is 4.35. The summed E-state index contributed by atoms with van der Waals surface area (Å²) in [5, 5.41) is 2.80. The molecular formula is C15H13Br2NO2. The standard InChI is InChI=1S/C15H13Br2NO2/c1-10-5-6-14(13(17)7-10)18-15(19)9-20-12-4-2-3-11(16)8-12/h2-8H,9H2,1H3,(H,18,19). The average molecular weight is 399 g/mol. The molecule has 1 N–H and O–H groups in total. The molecule has 0 aliphatic rings. The fraction of sp³-hybridized carbons (Fsp3) is 0.133. The Morgan fingerprint density at radius 3 is 2.70 bits per heavy atom. The molecule has 0 aliphatic carbocycles. The number of amides is 1. The van der Waals surface area contributed by atoms with Gasteiger partial charge >= 0.3 is 0 Å². The monoisotopic (exact) mass is 397 g/mol. The van der Waals surface area contributed by atoms with Crippen molar-refractivity contribution in [2.75, 3.05) is 11.9 Å². The third-order valence-corrected chi connectivity index (χ3v) is 3.71. The number of aryl methyl sites for hydroxylation is 1. The molecule has 0 saturated heterocycles. The molecule has 1 amide bonds. The van der Waals surface area contributed by atoms with Crippen LogP contribution in [0.3, 0.4) is 0 Å². The van der Waals surface area contributed by atoms with Crippen LogP contribution in [0, 0.1) is 6.92 Å². The van der Waals surface area contributed by atoms with E-state index in [0.717, 1.165) is 20.2 Å². The molecule has 20 heavy (non-hydrogen) atoms. The van der Waals surface area contributed by atoms with Crippen molar-refractivity contribution in [3.8, 4) is 5.75 Å². The third-order valence-electron chi connectivity index (χ3n) is 2.56. The van der Waals surface area contributed by atoms with Gasteiger partial charge in [-0.2, -0.15) is 0 Å². The van der Waals surface area contributed by atoms with E-state index in [1.807, 2.05) is 43.3 Å². The summed E-state index contributed by atoms with van der Waals surface area (Å²) in [5.41, 5.74) is 1.86. The zero-order chi connectivity index (χ0) is 14.5. The number of halogens is 2. The van der Waals surface area contributed by atoms with Gasteiger partial charge in [-0.1, -0.05) is 28.1 Å². The summed E-state index contributed by atoms with van der Waals surface area (Å²) in [6.45, 7) is 1.96. The van der Waals surface area contributed by atoms with E-state index in [-0.39, 0.29) is 12.5 Å². The Balaban J connectivity index is 1.92. The number of hydrogen-bond donors (Lipinski definition) is 1. The Kier molecular flexibility index (Phi) is 5.20. The Hall–Kier alpha value is -1.33. The molecule has 0 radical (unpaired) electrons. The van der Waals surface area contributed by atoms with Crippen LogP contribution in [0.15, 0.2) is 51.4 Å². The molecule has 3 nitrogen and oxygen atoms in total. The molecule has 0 fully saturated rings. The van der Waals surface area contributed by atoms with Gasteiger partial charge in [0.05, 0.1) is 5.69 Å². The summed E-state index contributed by atoms with van der Waals surface area (Å²) in [5.74, 6) is 0.451. The highest BCUT2D eigenvalue weighted by Gasteiger charge is 2.06. The second kappa shape index (κ2) is 6.90. The summed E-state index contributed by atoms with van der Waals surface area (Å²) >= 11 is 6.77. The maximum absolute atomic E-state index is 11.8. The summed E-state index contributed by atoms with van der Waals surface area (Å²) in [6, 6.07) is 13.1. The predicted octanol–water partition coefficient (Wildman–Crippen LogP) is 4.54. The van der Waals surface area contributed by atoms with Crippen LogP contribution in [0.5, 0.6) is 5.75 Å². The second-order valence-corrected chi connectivity index (χ2v) is 6.05. The zero-order valence-electron chi connectivity index (χ0n) is 10.8. The van der Waals surface area contributed by atoms with Crippen LogP contribution in [0.1, 0.15) is 5.56 Å². The van der Waals surface area contributed by atoms with Crippen molar-refractivity contribution in [3.05, 3.63) is 57.0 Å². The van der Waals surface area contributed by atoms with Crippen molar-refractivity contribution < 1.29 is 9.53 Å². The Labute approximate surface area is 134 Å². The fourth-order valence-electron chi connectivity index (χ4n) is 1.61. The van der Waals surface area contributed by atoms with E-state index < -0.39 is 0 Å². The highest BCUT2D eigenvalue weighted by atomic mass is 79.9. The zero-order valence-corrected chi connectivity index (χ0v) is 14.0. The Bertz CT molecular complexity index is 629. The van der Waals surface area contributed by atoms with E-state index in [0.29, 0.717) is 5.75 Å². The van der Waals surface area contributed by atoms with Crippen molar-refractivity contribution in [1.82, 2.24) is 0 Å². The number of carbonyl (C=O) groups is 1. The van der Waals surface area contributed by atoms with E-state index in [4.69, 9.17) is 4.74 Å². The molecule has 0 saturated carbocycles. The molecule has 0 aliphatic heterocycles. The fourth-order valence-corrected chi connectivity index (χ4v) is 2.58. The lowest BCUT2D eigenvalue weighted by atomic mass is 10.2. The van der Waals surface area contributed by atoms with E-state index >= 15 is 0 Å². The van der Waals surface area contributed by atoms with Crippen molar-refractivity contribution in [3.63, 3.8) is 0 Å². The van der Waals surface area contributed by atoms with E-state index in [1.54, 1.807) is 6.07 Å². The van der Waals surface area contributed by atoms with Crippen molar-refractivity contribution >= 4 is 43.5 Å². The van der Waals surface area contributed by atoms with Crippen LogP contribution in [0.2, 0.25) is 0 Å². The van der Waals surface area contributed by atoms with Gasteiger partial charge in [0.1, 0.15) is 5.75 Å². The molecule has 5 heteroatoms. The highest BCUT2D eigenvalue weighted by molar-refractivity contribution is 9.10. The SMILES string of the molecule is Cc1ccc(NC(=O)COc2cccc(Br)c2)c(Br)c1. The Morgan fingerprint density at radius 1 is 1.20 bits per heavy atom. The number of rotatable bonds is 4. The normalized spacial score (nSPS) is 10.2. The smallest absolute Gasteiger partial charge is 0.262 e. The van der Waals surface area contributed by atoms with E-state index in [9.17, 15) is 4.79 Å². The van der Waals surface area contributed by atoms with Crippen molar-refractivity contribution in [1.29, 1.82) is 0 Å². The largest absolute Gasteiger partial charge is 0.484 e. The minimum Gasteiger partial charge on any atom is -0.484 e. The first kappa shape index (κ1) is 15.1. The first-order valence-corrected chi connectivity index (χ1v) is 7.57. The van der Waals surface area contributed by atoms with E-state index in [2.05, 4.69) is 37.2 Å². The van der Waals surface area contributed by atoms with Gasteiger partial charge < -0.3 is 10.1 Å². The molecule has 2 rings (SSSR count). The molecule has 0 heterocycles. The van der Waals surface area contributed by atoms with Crippen LogP contribution in [0.4, 0.5) is 5.69 Å². The molecule has 104 valence electrons. The number of carbonyl (C=O) groups excluding carboxylic acids is 1. The molecule has 0 aromatic heterocycles. The molecule has 0 atom stereocenters. The van der Waals surface area contributed by atoms with Crippen molar-refractivity contribution in [2.24, 2.45) is 0 Å². The predicted molar refractivity (Wildman–Crippen MR) is 87.1 cm³/mol. The van der Waals surface area contributed by atoms with Gasteiger partial charge in [0.2, 0.25) is 0 Å². The first-order chi connectivity index (χ1) is 9.54. The summed E-state index contributed by atoms with van der Waals surface area (Å²) < 4.78 is 7.20. The van der Waals surface area contributed by atoms with Gasteiger partial charge in [-0.3, -0.25) is 4.79 Å². The van der Waals surface area contributed by atoms with Gasteiger partial charge in [-0.25, -0.2) is 0 Å². The maximum Gasteiger partial charge on any atom is 0.262 e. The first-order valence-electron chi connectivity index (χ1n) is 5.99. The van der Waals surface area contributed by atoms with Crippen LogP contribution in [0.25, 0.3) is 0 Å². The summed E-state index contributed by atoms with van der Waals surface area (Å²) in [4.78, 5) is 11.8. The van der Waals surface area contributed by atoms with Crippen molar-refractivity contribution in [2.45, 2.75) is 6.92 Å². The topological polar surface area (TPSA) is 38.3 Å². The number of ether oxygens (including phenoxy) is 1. The van der Waals surface area contributed by atoms with Gasteiger partial charge in [-0.15, -0.1) is 0 Å². The Morgan fingerprint density at radius 2 is 2.00 bits per heavy atom. The quantitative estimate of drug-likeness (QED) is 0.821. The molecular weight excluding hydrogens is 386 g/mol. The summed E-state index contributed by atoms with van der Waals surface area (Å²) in [7, 11) is 0. The van der Waals surface area contributed by atoms with Crippen LogP contribution in [-0.4, -0.2) is 12.5 Å². The van der Waals surface area contributed by atoms with Crippen LogP contribution >= 0.6 is 31.9 Å². The lowest BCUT2D eigenvalue weighted by molar-refractivity contribution is -0.118. The minimum atomic E-state index is -0.200. The van der Waals surface area contributed by atoms with Gasteiger partial charge in [0, 0.05) is 8.95 Å². The maximum atomic E-state index is 11.8. The lowest BCUT2D eigenvalue weighted by Gasteiger charge is -2.09. The molecule has 2 aromatic rings. The molecule has 0 unspecified atom stereocenters. The second-order valence-electron chi connectivity index (χ2n) is 4.28. The number of nitrogens with one attached hydrogen (secondary N) is 1. The number of anilines is 1. The van der Waals surface area contributed by atoms with E-state index in [1.165, 1.54) is 0 Å². The lowest BCUT2D eigenvalue weighted by Crippen LogP contribution is -2.20. The summed E-state index contributed by atoms with van der Waals surface area (Å²) in [6.07, 6.45) is 0. The molecule has 0 bridgehead atoms. The molecule has 0 spiro atoms. The highest BCUT2D eigenvalue weighted by Crippen LogP contribution is 2.23. The van der Waals surface area contributed by atoms with Gasteiger partial charge in [-0.05, 0) is 58.7 Å². The van der Waals surface area contributed by atoms with Gasteiger partial charge in [0.15, 0.2) is 6.61 Å². The number of benzene rings is 2. The van der Waals surface area contributed by atoms with Gasteiger partial charge in [0.25, 0.3) is 5.91 Å². The van der Waals surface area contributed by atoms with Crippen LogP contribution in [-0.2, 0) is 4.79 Å². The average Bonchev–Trinajstić information content (AvgIpc) is 2.40. The van der Waals surface area contributed by atoms with Crippen LogP contribution < -0.4 is 10.1 Å². The molecule has 2 aromatic carbocycles. The minimum absolute atomic E-state index is 0.0310.